The summed E-state index contributed by atoms with van der Waals surface area (Å²) in [6.07, 6.45) is 0. The lowest BCUT2D eigenvalue weighted by molar-refractivity contribution is -0.118. The molecule has 0 radical (unpaired) electrons. The maximum Gasteiger partial charge on any atom is 0.322 e. The zero-order valence-corrected chi connectivity index (χ0v) is 12.2. The Hall–Kier alpha value is -3.29. The molecule has 0 aliphatic carbocycles. The highest BCUT2D eigenvalue weighted by molar-refractivity contribution is 5.89. The first-order valence-corrected chi connectivity index (χ1v) is 6.88. The smallest absolute Gasteiger partial charge is 0.322 e. The van der Waals surface area contributed by atoms with Crippen LogP contribution in [0.15, 0.2) is 52.9 Å². The number of ether oxygens (including phenoxy) is 1. The average Bonchev–Trinajstić information content (AvgIpc) is 3.03. The van der Waals surface area contributed by atoms with Gasteiger partial charge in [0.25, 0.3) is 5.91 Å². The SMILES string of the molecule is O=C(COc1ccc(F)cc1)Nc1nnc(-c2cccc(F)c2)o1. The molecule has 1 amide bonds. The normalized spacial score (nSPS) is 10.4. The Morgan fingerprint density at radius 2 is 1.88 bits per heavy atom. The minimum atomic E-state index is -0.534. The van der Waals surface area contributed by atoms with Crippen molar-refractivity contribution in [3.05, 3.63) is 60.2 Å². The number of anilines is 1. The Bertz CT molecular complexity index is 850. The highest BCUT2D eigenvalue weighted by atomic mass is 19.1. The Morgan fingerprint density at radius 1 is 1.08 bits per heavy atom. The van der Waals surface area contributed by atoms with Crippen molar-refractivity contribution in [1.82, 2.24) is 10.2 Å². The molecule has 1 aromatic heterocycles. The lowest BCUT2D eigenvalue weighted by Crippen LogP contribution is -2.20. The van der Waals surface area contributed by atoms with Gasteiger partial charge in [-0.15, -0.1) is 5.10 Å². The van der Waals surface area contributed by atoms with Crippen LogP contribution in [0, 0.1) is 11.6 Å². The number of carbonyl (C=O) groups is 1. The van der Waals surface area contributed by atoms with Gasteiger partial charge in [-0.25, -0.2) is 8.78 Å². The number of benzene rings is 2. The van der Waals surface area contributed by atoms with E-state index in [9.17, 15) is 13.6 Å². The van der Waals surface area contributed by atoms with E-state index >= 15 is 0 Å². The second-order valence-corrected chi connectivity index (χ2v) is 4.71. The zero-order valence-electron chi connectivity index (χ0n) is 12.2. The van der Waals surface area contributed by atoms with Crippen molar-refractivity contribution in [3.63, 3.8) is 0 Å². The number of halogens is 2. The van der Waals surface area contributed by atoms with E-state index in [1.165, 1.54) is 42.5 Å². The second-order valence-electron chi connectivity index (χ2n) is 4.71. The third kappa shape index (κ3) is 3.92. The number of nitrogens with zero attached hydrogens (tertiary/aromatic N) is 2. The maximum atomic E-state index is 13.2. The fourth-order valence-electron chi connectivity index (χ4n) is 1.85. The van der Waals surface area contributed by atoms with E-state index in [-0.39, 0.29) is 18.5 Å². The summed E-state index contributed by atoms with van der Waals surface area (Å²) in [5.41, 5.74) is 0.394. The van der Waals surface area contributed by atoms with E-state index in [2.05, 4.69) is 15.5 Å². The molecule has 0 bridgehead atoms. The van der Waals surface area contributed by atoms with Gasteiger partial charge in [0, 0.05) is 5.56 Å². The lowest BCUT2D eigenvalue weighted by atomic mass is 10.2. The molecule has 0 spiro atoms. The molecule has 6 nitrogen and oxygen atoms in total. The van der Waals surface area contributed by atoms with Gasteiger partial charge in [0.1, 0.15) is 17.4 Å². The molecular formula is C16H11F2N3O3. The molecule has 24 heavy (non-hydrogen) atoms. The van der Waals surface area contributed by atoms with Crippen molar-refractivity contribution in [1.29, 1.82) is 0 Å². The van der Waals surface area contributed by atoms with Crippen molar-refractivity contribution in [2.24, 2.45) is 0 Å². The van der Waals surface area contributed by atoms with Crippen LogP contribution in [0.2, 0.25) is 0 Å². The molecule has 1 N–H and O–H groups in total. The molecule has 0 fully saturated rings. The van der Waals surface area contributed by atoms with E-state index in [4.69, 9.17) is 9.15 Å². The molecule has 0 saturated carbocycles. The fraction of sp³-hybridized carbons (Fsp3) is 0.0625. The van der Waals surface area contributed by atoms with E-state index in [1.807, 2.05) is 0 Å². The van der Waals surface area contributed by atoms with Gasteiger partial charge in [0.05, 0.1) is 0 Å². The summed E-state index contributed by atoms with van der Waals surface area (Å²) in [4.78, 5) is 11.8. The van der Waals surface area contributed by atoms with Crippen molar-refractivity contribution in [2.75, 3.05) is 11.9 Å². The number of nitrogens with one attached hydrogen (secondary N) is 1. The maximum absolute atomic E-state index is 13.2. The predicted molar refractivity (Wildman–Crippen MR) is 80.2 cm³/mol. The van der Waals surface area contributed by atoms with Gasteiger partial charge in [0.2, 0.25) is 5.89 Å². The largest absolute Gasteiger partial charge is 0.484 e. The van der Waals surface area contributed by atoms with Gasteiger partial charge < -0.3 is 9.15 Å². The van der Waals surface area contributed by atoms with Crippen LogP contribution in [0.1, 0.15) is 0 Å². The van der Waals surface area contributed by atoms with Gasteiger partial charge in [0.15, 0.2) is 6.61 Å². The number of carbonyl (C=O) groups excluding carboxylic acids is 1. The summed E-state index contributed by atoms with van der Waals surface area (Å²) < 4.78 is 36.3. The molecule has 3 aromatic rings. The van der Waals surface area contributed by atoms with Crippen molar-refractivity contribution >= 4 is 11.9 Å². The number of hydrogen-bond donors (Lipinski definition) is 1. The Kier molecular flexibility index (Phi) is 4.46. The van der Waals surface area contributed by atoms with E-state index in [0.717, 1.165) is 0 Å². The minimum absolute atomic E-state index is 0.0734. The quantitative estimate of drug-likeness (QED) is 0.777. The summed E-state index contributed by atoms with van der Waals surface area (Å²) in [6.45, 7) is -0.316. The van der Waals surface area contributed by atoms with E-state index < -0.39 is 17.5 Å². The molecule has 3 rings (SSSR count). The molecule has 0 unspecified atom stereocenters. The molecule has 1 heterocycles. The predicted octanol–water partition coefficient (Wildman–Crippen LogP) is 3.03. The first-order valence-electron chi connectivity index (χ1n) is 6.88. The number of amides is 1. The van der Waals surface area contributed by atoms with Gasteiger partial charge in [-0.2, -0.15) is 0 Å². The van der Waals surface area contributed by atoms with Crippen molar-refractivity contribution < 1.29 is 22.7 Å². The van der Waals surface area contributed by atoms with Crippen LogP contribution in [0.4, 0.5) is 14.8 Å². The number of rotatable bonds is 5. The Morgan fingerprint density at radius 3 is 2.62 bits per heavy atom. The summed E-state index contributed by atoms with van der Waals surface area (Å²) in [7, 11) is 0. The Balaban J connectivity index is 1.58. The summed E-state index contributed by atoms with van der Waals surface area (Å²) >= 11 is 0. The van der Waals surface area contributed by atoms with Crippen LogP contribution in [0.3, 0.4) is 0 Å². The fourth-order valence-corrected chi connectivity index (χ4v) is 1.85. The summed E-state index contributed by atoms with van der Waals surface area (Å²) in [5, 5.41) is 9.74. The third-order valence-electron chi connectivity index (χ3n) is 2.93. The van der Waals surface area contributed by atoms with Crippen LogP contribution < -0.4 is 10.1 Å². The van der Waals surface area contributed by atoms with Crippen LogP contribution >= 0.6 is 0 Å². The molecule has 0 aliphatic rings. The van der Waals surface area contributed by atoms with Crippen LogP contribution in [0.5, 0.6) is 5.75 Å². The minimum Gasteiger partial charge on any atom is -0.484 e. The van der Waals surface area contributed by atoms with Gasteiger partial charge in [-0.3, -0.25) is 10.1 Å². The van der Waals surface area contributed by atoms with E-state index in [0.29, 0.717) is 11.3 Å². The van der Waals surface area contributed by atoms with Crippen molar-refractivity contribution in [2.45, 2.75) is 0 Å². The van der Waals surface area contributed by atoms with Crippen LogP contribution in [-0.2, 0) is 4.79 Å². The molecule has 0 aliphatic heterocycles. The van der Waals surface area contributed by atoms with Gasteiger partial charge in [-0.05, 0) is 42.5 Å². The first-order chi connectivity index (χ1) is 11.6. The zero-order chi connectivity index (χ0) is 16.9. The second kappa shape index (κ2) is 6.86. The highest BCUT2D eigenvalue weighted by Gasteiger charge is 2.12. The molecular weight excluding hydrogens is 320 g/mol. The standard InChI is InChI=1S/C16H11F2N3O3/c17-11-4-6-13(7-5-11)23-9-14(22)19-16-21-20-15(24-16)10-2-1-3-12(18)8-10/h1-8H,9H2,(H,19,21,22). The molecule has 122 valence electrons. The highest BCUT2D eigenvalue weighted by Crippen LogP contribution is 2.20. The van der Waals surface area contributed by atoms with Gasteiger partial charge in [-0.1, -0.05) is 11.2 Å². The van der Waals surface area contributed by atoms with E-state index in [1.54, 1.807) is 6.07 Å². The topological polar surface area (TPSA) is 77.2 Å². The number of hydrogen-bond acceptors (Lipinski definition) is 5. The lowest BCUT2D eigenvalue weighted by Gasteiger charge is -2.04. The number of aromatic nitrogens is 2. The average molecular weight is 331 g/mol. The summed E-state index contributed by atoms with van der Waals surface area (Å²) in [6, 6.07) is 10.7. The molecule has 0 saturated heterocycles. The Labute approximate surface area is 135 Å². The monoisotopic (exact) mass is 331 g/mol. The first kappa shape index (κ1) is 15.6. The summed E-state index contributed by atoms with van der Waals surface area (Å²) in [5.74, 6) is -0.956. The van der Waals surface area contributed by atoms with Gasteiger partial charge >= 0.3 is 6.01 Å². The third-order valence-corrected chi connectivity index (χ3v) is 2.93. The van der Waals surface area contributed by atoms with Crippen LogP contribution in [-0.4, -0.2) is 22.7 Å². The van der Waals surface area contributed by atoms with Crippen LogP contribution in [0.25, 0.3) is 11.5 Å². The molecule has 2 aromatic carbocycles. The van der Waals surface area contributed by atoms with Crippen molar-refractivity contribution in [3.8, 4) is 17.2 Å². The molecule has 8 heteroatoms. The molecule has 0 atom stereocenters.